The van der Waals surface area contributed by atoms with Gasteiger partial charge in [0.05, 0.1) is 13.4 Å². The summed E-state index contributed by atoms with van der Waals surface area (Å²) in [4.78, 5) is 20.0. The average Bonchev–Trinajstić information content (AvgIpc) is 2.84. The van der Waals surface area contributed by atoms with Crippen molar-refractivity contribution in [3.05, 3.63) is 40.8 Å². The van der Waals surface area contributed by atoms with Gasteiger partial charge in [-0.3, -0.25) is 9.36 Å². The monoisotopic (exact) mass is 248 g/mol. The quantitative estimate of drug-likeness (QED) is 0.787. The van der Waals surface area contributed by atoms with Crippen molar-refractivity contribution >= 4 is 0 Å². The van der Waals surface area contributed by atoms with Gasteiger partial charge in [-0.05, 0) is 13.3 Å². The van der Waals surface area contributed by atoms with E-state index in [0.29, 0.717) is 18.2 Å². The second-order valence-electron chi connectivity index (χ2n) is 4.03. The number of hydrogen-bond acceptors (Lipinski definition) is 4. The fourth-order valence-corrected chi connectivity index (χ4v) is 1.79. The molecule has 0 fully saturated rings. The number of rotatable bonds is 5. The van der Waals surface area contributed by atoms with E-state index in [4.69, 9.17) is 4.74 Å². The predicted octanol–water partition coefficient (Wildman–Crippen LogP) is 0.847. The Kier molecular flexibility index (Phi) is 3.76. The smallest absolute Gasteiger partial charge is 0.299 e. The van der Waals surface area contributed by atoms with Crippen molar-refractivity contribution in [2.24, 2.45) is 0 Å². The molecule has 2 aromatic heterocycles. The van der Waals surface area contributed by atoms with Crippen molar-refractivity contribution in [3.63, 3.8) is 0 Å². The molecule has 2 aromatic rings. The second-order valence-corrected chi connectivity index (χ2v) is 4.03. The van der Waals surface area contributed by atoms with Crippen LogP contribution in [0.3, 0.4) is 0 Å². The van der Waals surface area contributed by atoms with Crippen LogP contribution in [0.2, 0.25) is 0 Å². The van der Waals surface area contributed by atoms with E-state index in [9.17, 15) is 4.79 Å². The normalized spacial score (nSPS) is 10.6. The van der Waals surface area contributed by atoms with Crippen molar-refractivity contribution in [1.29, 1.82) is 0 Å². The van der Waals surface area contributed by atoms with Crippen LogP contribution in [0.15, 0.2) is 29.6 Å². The van der Waals surface area contributed by atoms with Crippen molar-refractivity contribution < 1.29 is 4.74 Å². The van der Waals surface area contributed by atoms with Crippen LogP contribution in [-0.2, 0) is 13.1 Å². The third kappa shape index (κ3) is 2.77. The lowest BCUT2D eigenvalue weighted by molar-refractivity contribution is 0.340. The Morgan fingerprint density at radius 1 is 1.39 bits per heavy atom. The van der Waals surface area contributed by atoms with Crippen molar-refractivity contribution in [2.45, 2.75) is 26.4 Å². The molecular formula is C12H16N4O2. The zero-order valence-corrected chi connectivity index (χ0v) is 10.5. The zero-order chi connectivity index (χ0) is 13.0. The maximum absolute atomic E-state index is 11.8. The molecule has 0 saturated heterocycles. The summed E-state index contributed by atoms with van der Waals surface area (Å²) in [5.74, 6) is 0. The molecule has 96 valence electrons. The van der Waals surface area contributed by atoms with Crippen LogP contribution in [0, 0.1) is 6.92 Å². The van der Waals surface area contributed by atoms with Gasteiger partial charge in [0, 0.05) is 37.2 Å². The van der Waals surface area contributed by atoms with E-state index < -0.39 is 0 Å². The zero-order valence-electron chi connectivity index (χ0n) is 10.5. The van der Waals surface area contributed by atoms with Gasteiger partial charge in [0.25, 0.3) is 11.6 Å². The second kappa shape index (κ2) is 5.48. The van der Waals surface area contributed by atoms with Gasteiger partial charge < -0.3 is 9.30 Å². The Morgan fingerprint density at radius 3 is 2.89 bits per heavy atom. The lowest BCUT2D eigenvalue weighted by atomic mass is 10.4. The highest BCUT2D eigenvalue weighted by Crippen LogP contribution is 2.05. The number of hydrogen-bond donors (Lipinski definition) is 0. The van der Waals surface area contributed by atoms with Gasteiger partial charge in [0.1, 0.15) is 0 Å². The predicted molar refractivity (Wildman–Crippen MR) is 66.6 cm³/mol. The van der Waals surface area contributed by atoms with Gasteiger partial charge in [-0.1, -0.05) is 0 Å². The molecule has 0 spiro atoms. The number of imidazole rings is 1. The van der Waals surface area contributed by atoms with Crippen LogP contribution in [0.1, 0.15) is 12.1 Å². The van der Waals surface area contributed by atoms with Gasteiger partial charge in [-0.15, -0.1) is 0 Å². The number of methoxy groups -OCH3 is 1. The Bertz CT molecular complexity index is 560. The summed E-state index contributed by atoms with van der Waals surface area (Å²) in [6.07, 6.45) is 6.21. The van der Waals surface area contributed by atoms with E-state index in [1.807, 2.05) is 10.8 Å². The SMILES string of the molecule is COc1nc(C)cc(=O)n1CCCn1ccnc1. The van der Waals surface area contributed by atoms with Crippen molar-refractivity contribution in [1.82, 2.24) is 19.1 Å². The topological polar surface area (TPSA) is 61.9 Å². The third-order valence-corrected chi connectivity index (χ3v) is 2.64. The van der Waals surface area contributed by atoms with Gasteiger partial charge >= 0.3 is 0 Å². The highest BCUT2D eigenvalue weighted by molar-refractivity contribution is 5.06. The van der Waals surface area contributed by atoms with Crippen LogP contribution >= 0.6 is 0 Å². The molecule has 0 unspecified atom stereocenters. The first-order chi connectivity index (χ1) is 8.70. The number of nitrogens with zero attached hydrogens (tertiary/aromatic N) is 4. The summed E-state index contributed by atoms with van der Waals surface area (Å²) in [6.45, 7) is 3.16. The van der Waals surface area contributed by atoms with E-state index >= 15 is 0 Å². The van der Waals surface area contributed by atoms with Gasteiger partial charge in [-0.2, -0.15) is 0 Å². The maximum atomic E-state index is 11.8. The average molecular weight is 248 g/mol. The minimum absolute atomic E-state index is 0.0787. The third-order valence-electron chi connectivity index (χ3n) is 2.64. The molecule has 0 aliphatic carbocycles. The summed E-state index contributed by atoms with van der Waals surface area (Å²) in [6, 6.07) is 1.88. The first kappa shape index (κ1) is 12.3. The Hall–Kier alpha value is -2.11. The van der Waals surface area contributed by atoms with E-state index in [1.54, 1.807) is 24.0 Å². The standard InChI is InChI=1S/C12H16N4O2/c1-10-8-11(17)16(12(14-10)18-2)6-3-5-15-7-4-13-9-15/h4,7-9H,3,5-6H2,1-2H3. The van der Waals surface area contributed by atoms with Gasteiger partial charge in [0.2, 0.25) is 0 Å². The largest absolute Gasteiger partial charge is 0.468 e. The molecule has 2 heterocycles. The van der Waals surface area contributed by atoms with Gasteiger partial charge in [-0.25, -0.2) is 9.97 Å². The molecule has 18 heavy (non-hydrogen) atoms. The lowest BCUT2D eigenvalue weighted by Gasteiger charge is -2.10. The Morgan fingerprint density at radius 2 is 2.22 bits per heavy atom. The molecule has 0 bridgehead atoms. The lowest BCUT2D eigenvalue weighted by Crippen LogP contribution is -2.23. The minimum Gasteiger partial charge on any atom is -0.468 e. The molecule has 0 atom stereocenters. The summed E-state index contributed by atoms with van der Waals surface area (Å²) in [7, 11) is 1.52. The van der Waals surface area contributed by atoms with Gasteiger partial charge in [0.15, 0.2) is 0 Å². The fraction of sp³-hybridized carbons (Fsp3) is 0.417. The molecule has 0 amide bonds. The first-order valence-corrected chi connectivity index (χ1v) is 5.79. The summed E-state index contributed by atoms with van der Waals surface area (Å²) < 4.78 is 8.64. The molecule has 0 aliphatic rings. The van der Waals surface area contributed by atoms with Crippen LogP contribution in [-0.4, -0.2) is 26.2 Å². The van der Waals surface area contributed by atoms with Crippen LogP contribution in [0.5, 0.6) is 6.01 Å². The van der Waals surface area contributed by atoms with Crippen LogP contribution in [0.4, 0.5) is 0 Å². The molecule has 0 aromatic carbocycles. The summed E-state index contributed by atoms with van der Waals surface area (Å²) in [5.41, 5.74) is 0.590. The van der Waals surface area contributed by atoms with E-state index in [-0.39, 0.29) is 5.56 Å². The van der Waals surface area contributed by atoms with E-state index in [1.165, 1.54) is 13.2 Å². The first-order valence-electron chi connectivity index (χ1n) is 5.79. The maximum Gasteiger partial charge on any atom is 0.299 e. The molecule has 0 N–H and O–H groups in total. The fourth-order valence-electron chi connectivity index (χ4n) is 1.79. The molecule has 0 aliphatic heterocycles. The molecule has 2 rings (SSSR count). The van der Waals surface area contributed by atoms with Crippen LogP contribution < -0.4 is 10.3 Å². The molecular weight excluding hydrogens is 232 g/mol. The molecule has 6 heteroatoms. The Labute approximate surface area is 105 Å². The highest BCUT2D eigenvalue weighted by atomic mass is 16.5. The van der Waals surface area contributed by atoms with Crippen LogP contribution in [0.25, 0.3) is 0 Å². The Balaban J connectivity index is 2.07. The van der Waals surface area contributed by atoms with Crippen molar-refractivity contribution in [2.75, 3.05) is 7.11 Å². The molecule has 6 nitrogen and oxygen atoms in total. The highest BCUT2D eigenvalue weighted by Gasteiger charge is 2.06. The summed E-state index contributed by atoms with van der Waals surface area (Å²) >= 11 is 0. The number of ether oxygens (including phenoxy) is 1. The minimum atomic E-state index is -0.0787. The molecule has 0 saturated carbocycles. The van der Waals surface area contributed by atoms with E-state index in [0.717, 1.165) is 13.0 Å². The van der Waals surface area contributed by atoms with E-state index in [2.05, 4.69) is 9.97 Å². The summed E-state index contributed by atoms with van der Waals surface area (Å²) in [5, 5.41) is 0. The van der Waals surface area contributed by atoms with Crippen molar-refractivity contribution in [3.8, 4) is 6.01 Å². The number of aromatic nitrogens is 4. The molecule has 0 radical (unpaired) electrons. The number of aryl methyl sites for hydroxylation is 2.